The Morgan fingerprint density at radius 2 is 2.30 bits per heavy atom. The molecule has 0 aliphatic carbocycles. The molecule has 4 nitrogen and oxygen atoms in total. The number of aryl methyl sites for hydroxylation is 1. The molecule has 3 rings (SSSR count). The van der Waals surface area contributed by atoms with Crippen molar-refractivity contribution in [2.45, 2.75) is 39.0 Å². The molecular formula is C16H21N3O. The number of nitrogens with zero attached hydrogens (tertiary/aromatic N) is 3. The number of imidazole rings is 1. The summed E-state index contributed by atoms with van der Waals surface area (Å²) in [4.78, 5) is 18.5. The number of piperidine rings is 1. The van der Waals surface area contributed by atoms with E-state index in [-0.39, 0.29) is 5.91 Å². The van der Waals surface area contributed by atoms with Crippen LogP contribution < -0.4 is 0 Å². The monoisotopic (exact) mass is 271 g/mol. The maximum Gasteiger partial charge on any atom is 0.222 e. The van der Waals surface area contributed by atoms with Crippen LogP contribution in [-0.4, -0.2) is 33.3 Å². The van der Waals surface area contributed by atoms with Crippen LogP contribution in [0.15, 0.2) is 24.4 Å². The predicted octanol–water partition coefficient (Wildman–Crippen LogP) is 2.76. The first kappa shape index (κ1) is 13.2. The third-order valence-electron chi connectivity index (χ3n) is 4.14. The van der Waals surface area contributed by atoms with Crippen LogP contribution in [0.25, 0.3) is 5.65 Å². The molecule has 1 aliphatic rings. The van der Waals surface area contributed by atoms with E-state index in [4.69, 9.17) is 0 Å². The first-order valence-corrected chi connectivity index (χ1v) is 7.41. The number of fused-ring (bicyclic) bond motifs is 1. The summed E-state index contributed by atoms with van der Waals surface area (Å²) >= 11 is 0. The van der Waals surface area contributed by atoms with Gasteiger partial charge in [0.25, 0.3) is 0 Å². The predicted molar refractivity (Wildman–Crippen MR) is 78.8 cm³/mol. The molecule has 2 aromatic rings. The zero-order chi connectivity index (χ0) is 14.1. The van der Waals surface area contributed by atoms with Crippen LogP contribution in [0.1, 0.15) is 43.5 Å². The summed E-state index contributed by atoms with van der Waals surface area (Å²) in [6, 6.07) is 6.27. The third-order valence-corrected chi connectivity index (χ3v) is 4.14. The molecule has 0 spiro atoms. The molecule has 1 saturated heterocycles. The first-order chi connectivity index (χ1) is 9.69. The number of pyridine rings is 1. The maximum absolute atomic E-state index is 11.9. The number of aromatic nitrogens is 2. The topological polar surface area (TPSA) is 37.6 Å². The zero-order valence-corrected chi connectivity index (χ0v) is 12.2. The fourth-order valence-corrected chi connectivity index (χ4v) is 3.16. The van der Waals surface area contributed by atoms with Gasteiger partial charge in [0.1, 0.15) is 5.65 Å². The van der Waals surface area contributed by atoms with Crippen molar-refractivity contribution in [3.8, 4) is 0 Å². The highest BCUT2D eigenvalue weighted by molar-refractivity contribution is 5.76. The largest absolute Gasteiger partial charge is 0.342 e. The second-order valence-electron chi connectivity index (χ2n) is 5.59. The van der Waals surface area contributed by atoms with E-state index >= 15 is 0 Å². The normalized spacial score (nSPS) is 19.5. The van der Waals surface area contributed by atoms with Crippen LogP contribution in [0.5, 0.6) is 0 Å². The molecule has 1 amide bonds. The van der Waals surface area contributed by atoms with E-state index in [9.17, 15) is 4.79 Å². The standard InChI is InChI=1S/C16H21N3O/c1-3-16(20)18-9-5-6-13(11-18)14-7-4-8-15-17-12(2)10-19(14)15/h4,7-8,10,13H,3,5-6,9,11H2,1-2H3/t13-/m1/s1. The minimum Gasteiger partial charge on any atom is -0.342 e. The van der Waals surface area contributed by atoms with Gasteiger partial charge in [-0.1, -0.05) is 13.0 Å². The summed E-state index contributed by atoms with van der Waals surface area (Å²) in [5.74, 6) is 0.681. The Hall–Kier alpha value is -1.84. The van der Waals surface area contributed by atoms with Crippen LogP contribution in [-0.2, 0) is 4.79 Å². The molecule has 0 bridgehead atoms. The fraction of sp³-hybridized carbons (Fsp3) is 0.500. The fourth-order valence-electron chi connectivity index (χ4n) is 3.16. The van der Waals surface area contributed by atoms with E-state index in [1.807, 2.05) is 24.8 Å². The Morgan fingerprint density at radius 1 is 1.45 bits per heavy atom. The highest BCUT2D eigenvalue weighted by Crippen LogP contribution is 2.28. The van der Waals surface area contributed by atoms with Crippen LogP contribution in [0.4, 0.5) is 0 Å². The molecule has 20 heavy (non-hydrogen) atoms. The van der Waals surface area contributed by atoms with Crippen LogP contribution in [0.2, 0.25) is 0 Å². The van der Waals surface area contributed by atoms with E-state index in [1.54, 1.807) is 0 Å². The number of hydrogen-bond donors (Lipinski definition) is 0. The summed E-state index contributed by atoms with van der Waals surface area (Å²) in [5, 5.41) is 0. The summed E-state index contributed by atoms with van der Waals surface area (Å²) in [5.41, 5.74) is 3.31. The first-order valence-electron chi connectivity index (χ1n) is 7.41. The van der Waals surface area contributed by atoms with Gasteiger partial charge in [0.05, 0.1) is 5.69 Å². The van der Waals surface area contributed by atoms with Gasteiger partial charge < -0.3 is 9.30 Å². The molecule has 0 unspecified atom stereocenters. The number of likely N-dealkylation sites (tertiary alicyclic amines) is 1. The van der Waals surface area contributed by atoms with Gasteiger partial charge in [0.15, 0.2) is 0 Å². The molecule has 1 atom stereocenters. The highest BCUT2D eigenvalue weighted by Gasteiger charge is 2.25. The second-order valence-corrected chi connectivity index (χ2v) is 5.59. The van der Waals surface area contributed by atoms with Crippen molar-refractivity contribution in [1.82, 2.24) is 14.3 Å². The lowest BCUT2D eigenvalue weighted by atomic mass is 9.94. The molecule has 2 aromatic heterocycles. The smallest absolute Gasteiger partial charge is 0.222 e. The van der Waals surface area contributed by atoms with Crippen molar-refractivity contribution in [2.24, 2.45) is 0 Å². The minimum atomic E-state index is 0.267. The lowest BCUT2D eigenvalue weighted by molar-refractivity contribution is -0.132. The van der Waals surface area contributed by atoms with Crippen molar-refractivity contribution in [2.75, 3.05) is 13.1 Å². The van der Waals surface area contributed by atoms with Crippen molar-refractivity contribution >= 4 is 11.6 Å². The number of carbonyl (C=O) groups is 1. The molecule has 0 radical (unpaired) electrons. The highest BCUT2D eigenvalue weighted by atomic mass is 16.2. The quantitative estimate of drug-likeness (QED) is 0.842. The van der Waals surface area contributed by atoms with Crippen LogP contribution in [0, 0.1) is 6.92 Å². The average Bonchev–Trinajstić information content (AvgIpc) is 2.86. The number of rotatable bonds is 2. The van der Waals surface area contributed by atoms with E-state index in [0.717, 1.165) is 37.3 Å². The number of hydrogen-bond acceptors (Lipinski definition) is 2. The molecule has 4 heteroatoms. The molecule has 1 fully saturated rings. The Morgan fingerprint density at radius 3 is 3.10 bits per heavy atom. The number of amides is 1. The van der Waals surface area contributed by atoms with Gasteiger partial charge in [-0.15, -0.1) is 0 Å². The van der Waals surface area contributed by atoms with E-state index < -0.39 is 0 Å². The molecule has 106 valence electrons. The SMILES string of the molecule is CCC(=O)N1CCC[C@@H](c2cccc3nc(C)cn23)C1. The molecular weight excluding hydrogens is 250 g/mol. The minimum absolute atomic E-state index is 0.267. The van der Waals surface area contributed by atoms with E-state index in [1.165, 1.54) is 5.69 Å². The second kappa shape index (κ2) is 5.27. The van der Waals surface area contributed by atoms with Crippen molar-refractivity contribution in [1.29, 1.82) is 0 Å². The summed E-state index contributed by atoms with van der Waals surface area (Å²) in [6.45, 7) is 5.70. The van der Waals surface area contributed by atoms with E-state index in [0.29, 0.717) is 12.3 Å². The zero-order valence-electron chi connectivity index (χ0n) is 12.2. The average molecular weight is 271 g/mol. The molecule has 0 N–H and O–H groups in total. The Labute approximate surface area is 119 Å². The maximum atomic E-state index is 11.9. The van der Waals surface area contributed by atoms with Crippen molar-refractivity contribution < 1.29 is 4.79 Å². The van der Waals surface area contributed by atoms with Gasteiger partial charge >= 0.3 is 0 Å². The van der Waals surface area contributed by atoms with Gasteiger partial charge in [0.2, 0.25) is 5.91 Å². The van der Waals surface area contributed by atoms with Crippen molar-refractivity contribution in [3.63, 3.8) is 0 Å². The van der Waals surface area contributed by atoms with Gasteiger partial charge in [-0.3, -0.25) is 4.79 Å². The number of carbonyl (C=O) groups excluding carboxylic acids is 1. The summed E-state index contributed by atoms with van der Waals surface area (Å²) < 4.78 is 2.18. The van der Waals surface area contributed by atoms with Gasteiger partial charge in [-0.2, -0.15) is 0 Å². The Kier molecular flexibility index (Phi) is 3.47. The molecule has 3 heterocycles. The lowest BCUT2D eigenvalue weighted by Crippen LogP contribution is -2.39. The van der Waals surface area contributed by atoms with Crippen LogP contribution >= 0.6 is 0 Å². The Bertz CT molecular complexity index is 632. The van der Waals surface area contributed by atoms with Crippen LogP contribution in [0.3, 0.4) is 0 Å². The van der Waals surface area contributed by atoms with Gasteiger partial charge in [-0.05, 0) is 31.9 Å². The molecule has 0 aromatic carbocycles. The summed E-state index contributed by atoms with van der Waals surface area (Å²) in [6.07, 6.45) is 4.91. The third kappa shape index (κ3) is 2.30. The molecule has 0 saturated carbocycles. The van der Waals surface area contributed by atoms with Gasteiger partial charge in [0, 0.05) is 37.3 Å². The van der Waals surface area contributed by atoms with Crippen molar-refractivity contribution in [3.05, 3.63) is 35.8 Å². The summed E-state index contributed by atoms with van der Waals surface area (Å²) in [7, 11) is 0. The lowest BCUT2D eigenvalue weighted by Gasteiger charge is -2.33. The van der Waals surface area contributed by atoms with Gasteiger partial charge in [-0.25, -0.2) is 4.98 Å². The molecule has 1 aliphatic heterocycles. The Balaban J connectivity index is 1.92. The van der Waals surface area contributed by atoms with E-state index in [2.05, 4.69) is 27.7 Å².